The van der Waals surface area contributed by atoms with E-state index in [-0.39, 0.29) is 5.97 Å². The molecule has 3 heteroatoms. The number of rotatable bonds is 0. The number of esters is 1. The zero-order valence-corrected chi connectivity index (χ0v) is 7.48. The van der Waals surface area contributed by atoms with Crippen LogP contribution in [0.1, 0.15) is 5.56 Å². The van der Waals surface area contributed by atoms with Gasteiger partial charge in [-0.15, -0.1) is 11.8 Å². The highest BCUT2D eigenvalue weighted by molar-refractivity contribution is 8.00. The van der Waals surface area contributed by atoms with E-state index >= 15 is 0 Å². The molecule has 0 amide bonds. The van der Waals surface area contributed by atoms with Crippen LogP contribution in [0.5, 0.6) is 5.75 Å². The van der Waals surface area contributed by atoms with Crippen LogP contribution in [0.2, 0.25) is 0 Å². The van der Waals surface area contributed by atoms with E-state index < -0.39 is 0 Å². The van der Waals surface area contributed by atoms with E-state index in [0.717, 1.165) is 10.5 Å². The number of hydrogen-bond acceptors (Lipinski definition) is 3. The van der Waals surface area contributed by atoms with Gasteiger partial charge in [0.1, 0.15) is 5.75 Å². The first kappa shape index (κ1) is 7.68. The second-order valence-electron chi connectivity index (χ2n) is 2.71. The van der Waals surface area contributed by atoms with E-state index in [1.807, 2.05) is 25.1 Å². The van der Waals surface area contributed by atoms with Crippen LogP contribution in [-0.4, -0.2) is 11.7 Å². The highest BCUT2D eigenvalue weighted by Gasteiger charge is 2.16. The molecule has 1 heterocycles. The lowest BCUT2D eigenvalue weighted by Gasteiger charge is -2.14. The second-order valence-corrected chi connectivity index (χ2v) is 3.73. The minimum absolute atomic E-state index is 0.155. The van der Waals surface area contributed by atoms with Gasteiger partial charge in [0.15, 0.2) is 0 Å². The van der Waals surface area contributed by atoms with Gasteiger partial charge in [0.2, 0.25) is 0 Å². The first-order chi connectivity index (χ1) is 5.75. The predicted octanol–water partition coefficient (Wildman–Crippen LogP) is 2.01. The lowest BCUT2D eigenvalue weighted by molar-refractivity contribution is -0.131. The van der Waals surface area contributed by atoms with Crippen LogP contribution in [0.15, 0.2) is 23.1 Å². The van der Waals surface area contributed by atoms with Gasteiger partial charge in [0.25, 0.3) is 0 Å². The van der Waals surface area contributed by atoms with Crippen molar-refractivity contribution in [3.8, 4) is 5.75 Å². The maximum atomic E-state index is 10.9. The Hall–Kier alpha value is -0.960. The van der Waals surface area contributed by atoms with E-state index in [4.69, 9.17) is 4.74 Å². The fraction of sp³-hybridized carbons (Fsp3) is 0.222. The highest BCUT2D eigenvalue weighted by Crippen LogP contribution is 2.33. The van der Waals surface area contributed by atoms with Crippen LogP contribution >= 0.6 is 11.8 Å². The Kier molecular flexibility index (Phi) is 1.81. The molecule has 0 fully saturated rings. The lowest BCUT2D eigenvalue weighted by Crippen LogP contribution is -2.15. The van der Waals surface area contributed by atoms with Crippen LogP contribution < -0.4 is 4.74 Å². The molecule has 1 aliphatic rings. The summed E-state index contributed by atoms with van der Waals surface area (Å²) in [7, 11) is 0. The predicted molar refractivity (Wildman–Crippen MR) is 47.5 cm³/mol. The Morgan fingerprint density at radius 3 is 3.17 bits per heavy atom. The number of hydrogen-bond donors (Lipinski definition) is 0. The van der Waals surface area contributed by atoms with Crippen molar-refractivity contribution in [2.24, 2.45) is 0 Å². The number of fused-ring (bicyclic) bond motifs is 1. The van der Waals surface area contributed by atoms with Gasteiger partial charge >= 0.3 is 5.97 Å². The quantitative estimate of drug-likeness (QED) is 0.451. The summed E-state index contributed by atoms with van der Waals surface area (Å²) in [6, 6.07) is 5.89. The Labute approximate surface area is 74.9 Å². The molecule has 0 spiro atoms. The minimum atomic E-state index is -0.155. The number of benzene rings is 1. The number of aryl methyl sites for hydroxylation is 1. The largest absolute Gasteiger partial charge is 0.425 e. The molecule has 0 unspecified atom stereocenters. The van der Waals surface area contributed by atoms with Crippen LogP contribution in [0, 0.1) is 6.92 Å². The second kappa shape index (κ2) is 2.83. The van der Waals surface area contributed by atoms with Gasteiger partial charge in [-0.2, -0.15) is 0 Å². The van der Waals surface area contributed by atoms with Crippen LogP contribution in [0.3, 0.4) is 0 Å². The summed E-state index contributed by atoms with van der Waals surface area (Å²) in [6.45, 7) is 1.98. The van der Waals surface area contributed by atoms with Gasteiger partial charge in [-0.3, -0.25) is 4.79 Å². The Morgan fingerprint density at radius 1 is 1.50 bits per heavy atom. The Balaban J connectivity index is 2.44. The summed E-state index contributed by atoms with van der Waals surface area (Å²) in [6.07, 6.45) is 0. The average Bonchev–Trinajstić information content (AvgIpc) is 2.03. The standard InChI is InChI=1S/C9H8O2S/c1-6-2-3-8-7(4-6)11-9(10)5-12-8/h2-4H,5H2,1H3. The smallest absolute Gasteiger partial charge is 0.321 e. The average molecular weight is 180 g/mol. The molecule has 0 aliphatic carbocycles. The molecule has 1 aromatic carbocycles. The Bertz CT molecular complexity index is 333. The number of carbonyl (C=O) groups excluding carboxylic acids is 1. The van der Waals surface area contributed by atoms with E-state index in [0.29, 0.717) is 11.5 Å². The van der Waals surface area contributed by atoms with Gasteiger partial charge in [0, 0.05) is 0 Å². The molecule has 1 aliphatic heterocycles. The third kappa shape index (κ3) is 1.32. The van der Waals surface area contributed by atoms with E-state index in [1.54, 1.807) is 0 Å². The highest BCUT2D eigenvalue weighted by atomic mass is 32.2. The zero-order valence-electron chi connectivity index (χ0n) is 6.66. The maximum Gasteiger partial charge on any atom is 0.321 e. The van der Waals surface area contributed by atoms with Crippen molar-refractivity contribution in [1.82, 2.24) is 0 Å². The van der Waals surface area contributed by atoms with Gasteiger partial charge in [0.05, 0.1) is 10.6 Å². The first-order valence-corrected chi connectivity index (χ1v) is 4.68. The van der Waals surface area contributed by atoms with Crippen molar-refractivity contribution in [2.45, 2.75) is 11.8 Å². The molecule has 0 N–H and O–H groups in total. The van der Waals surface area contributed by atoms with Crippen molar-refractivity contribution < 1.29 is 9.53 Å². The third-order valence-electron chi connectivity index (χ3n) is 1.67. The molecule has 12 heavy (non-hydrogen) atoms. The first-order valence-electron chi connectivity index (χ1n) is 3.70. The summed E-state index contributed by atoms with van der Waals surface area (Å²) >= 11 is 1.53. The molecule has 2 nitrogen and oxygen atoms in total. The molecule has 0 radical (unpaired) electrons. The fourth-order valence-electron chi connectivity index (χ4n) is 1.10. The molecule has 62 valence electrons. The van der Waals surface area contributed by atoms with Crippen molar-refractivity contribution in [2.75, 3.05) is 5.75 Å². The molecular weight excluding hydrogens is 172 g/mol. The molecule has 0 aromatic heterocycles. The monoisotopic (exact) mass is 180 g/mol. The summed E-state index contributed by atoms with van der Waals surface area (Å²) in [5.74, 6) is 0.977. The van der Waals surface area contributed by atoms with Gasteiger partial charge in [-0.25, -0.2) is 0 Å². The minimum Gasteiger partial charge on any atom is -0.425 e. The molecular formula is C9H8O2S. The fourth-order valence-corrected chi connectivity index (χ4v) is 1.84. The molecule has 0 saturated heterocycles. The molecule has 0 bridgehead atoms. The molecule has 0 atom stereocenters. The normalized spacial score (nSPS) is 15.2. The van der Waals surface area contributed by atoms with Crippen LogP contribution in [0.4, 0.5) is 0 Å². The van der Waals surface area contributed by atoms with Crippen molar-refractivity contribution in [3.05, 3.63) is 23.8 Å². The Morgan fingerprint density at radius 2 is 2.33 bits per heavy atom. The number of ether oxygens (including phenoxy) is 1. The number of carbonyl (C=O) groups is 1. The third-order valence-corrected chi connectivity index (χ3v) is 2.70. The molecule has 1 aromatic rings. The maximum absolute atomic E-state index is 10.9. The van der Waals surface area contributed by atoms with Crippen LogP contribution in [-0.2, 0) is 4.79 Å². The van der Waals surface area contributed by atoms with Gasteiger partial charge < -0.3 is 4.74 Å². The van der Waals surface area contributed by atoms with E-state index in [2.05, 4.69) is 0 Å². The summed E-state index contributed by atoms with van der Waals surface area (Å²) in [5, 5.41) is 0. The van der Waals surface area contributed by atoms with E-state index in [1.165, 1.54) is 11.8 Å². The lowest BCUT2D eigenvalue weighted by atomic mass is 10.2. The summed E-state index contributed by atoms with van der Waals surface area (Å²) in [5.41, 5.74) is 1.11. The summed E-state index contributed by atoms with van der Waals surface area (Å²) < 4.78 is 5.05. The number of thioether (sulfide) groups is 1. The van der Waals surface area contributed by atoms with Crippen molar-refractivity contribution in [3.63, 3.8) is 0 Å². The van der Waals surface area contributed by atoms with Gasteiger partial charge in [-0.05, 0) is 24.6 Å². The zero-order chi connectivity index (χ0) is 8.55. The van der Waals surface area contributed by atoms with Crippen molar-refractivity contribution in [1.29, 1.82) is 0 Å². The van der Waals surface area contributed by atoms with Crippen molar-refractivity contribution >= 4 is 17.7 Å². The molecule has 2 rings (SSSR count). The van der Waals surface area contributed by atoms with E-state index in [9.17, 15) is 4.79 Å². The van der Waals surface area contributed by atoms with Gasteiger partial charge in [-0.1, -0.05) is 6.07 Å². The summed E-state index contributed by atoms with van der Waals surface area (Å²) in [4.78, 5) is 11.9. The SMILES string of the molecule is Cc1ccc2c(c1)OC(=O)CS2. The van der Waals surface area contributed by atoms with Crippen LogP contribution in [0.25, 0.3) is 0 Å². The molecule has 0 saturated carbocycles. The topological polar surface area (TPSA) is 26.3 Å².